The Morgan fingerprint density at radius 3 is 2.90 bits per heavy atom. The maximum atomic E-state index is 9.00. The third-order valence-corrected chi connectivity index (χ3v) is 4.29. The van der Waals surface area contributed by atoms with Gasteiger partial charge in [0.15, 0.2) is 0 Å². The lowest BCUT2D eigenvalue weighted by molar-refractivity contribution is 0.405. The molecule has 1 unspecified atom stereocenters. The Morgan fingerprint density at radius 2 is 2.10 bits per heavy atom. The quantitative estimate of drug-likeness (QED) is 0.779. The van der Waals surface area contributed by atoms with Crippen LogP contribution in [0, 0.1) is 16.7 Å². The Hall–Kier alpha value is -1.33. The Bertz CT molecular complexity index is 471. The molecule has 1 aromatic rings. The summed E-state index contributed by atoms with van der Waals surface area (Å²) in [6, 6.07) is 11.7. The van der Waals surface area contributed by atoms with E-state index >= 15 is 0 Å². The summed E-state index contributed by atoms with van der Waals surface area (Å²) in [7, 11) is 0. The van der Waals surface area contributed by atoms with Crippen molar-refractivity contribution in [3.63, 3.8) is 0 Å². The first-order chi connectivity index (χ1) is 9.62. The van der Waals surface area contributed by atoms with E-state index in [2.05, 4.69) is 35.7 Å². The normalized spacial score (nSPS) is 18.4. The highest BCUT2D eigenvalue weighted by atomic mass is 14.9. The van der Waals surface area contributed by atoms with Gasteiger partial charge in [-0.05, 0) is 63.6 Å². The average molecular weight is 270 g/mol. The van der Waals surface area contributed by atoms with Crippen LogP contribution in [-0.4, -0.2) is 6.54 Å². The minimum Gasteiger partial charge on any atom is -0.310 e. The Balaban J connectivity index is 1.75. The molecule has 20 heavy (non-hydrogen) atoms. The summed E-state index contributed by atoms with van der Waals surface area (Å²) in [5.41, 5.74) is 2.84. The summed E-state index contributed by atoms with van der Waals surface area (Å²) in [4.78, 5) is 0. The SMILES string of the molecule is CC(C)(C#N)CCCCNC1CCCc2ccccc21. The number of aryl methyl sites for hydroxylation is 1. The molecule has 2 nitrogen and oxygen atoms in total. The van der Waals surface area contributed by atoms with E-state index in [-0.39, 0.29) is 5.41 Å². The van der Waals surface area contributed by atoms with Crippen LogP contribution >= 0.6 is 0 Å². The first-order valence-electron chi connectivity index (χ1n) is 7.85. The molecule has 2 heteroatoms. The minimum absolute atomic E-state index is 0.169. The van der Waals surface area contributed by atoms with Crippen molar-refractivity contribution in [2.45, 2.75) is 58.4 Å². The predicted molar refractivity (Wildman–Crippen MR) is 83.4 cm³/mol. The van der Waals surface area contributed by atoms with Gasteiger partial charge >= 0.3 is 0 Å². The lowest BCUT2D eigenvalue weighted by atomic mass is 9.87. The average Bonchev–Trinajstić information content (AvgIpc) is 2.47. The molecule has 0 saturated heterocycles. The van der Waals surface area contributed by atoms with Gasteiger partial charge in [0, 0.05) is 6.04 Å². The van der Waals surface area contributed by atoms with Gasteiger partial charge in [-0.25, -0.2) is 0 Å². The summed E-state index contributed by atoms with van der Waals surface area (Å²) >= 11 is 0. The molecule has 0 amide bonds. The van der Waals surface area contributed by atoms with E-state index in [1.165, 1.54) is 30.4 Å². The molecule has 1 aromatic carbocycles. The first kappa shape index (κ1) is 15.1. The lowest BCUT2D eigenvalue weighted by Crippen LogP contribution is -2.26. The van der Waals surface area contributed by atoms with Gasteiger partial charge in [0.2, 0.25) is 0 Å². The number of nitriles is 1. The fourth-order valence-electron chi connectivity index (χ4n) is 2.99. The maximum Gasteiger partial charge on any atom is 0.0683 e. The minimum atomic E-state index is -0.169. The number of rotatable bonds is 6. The summed E-state index contributed by atoms with van der Waals surface area (Å²) in [6.07, 6.45) is 7.04. The number of unbranched alkanes of at least 4 members (excludes halogenated alkanes) is 1. The van der Waals surface area contributed by atoms with Crippen LogP contribution in [0.3, 0.4) is 0 Å². The highest BCUT2D eigenvalue weighted by Crippen LogP contribution is 2.29. The third-order valence-electron chi connectivity index (χ3n) is 4.29. The van der Waals surface area contributed by atoms with Crippen LogP contribution in [-0.2, 0) is 6.42 Å². The van der Waals surface area contributed by atoms with Crippen molar-refractivity contribution < 1.29 is 0 Å². The van der Waals surface area contributed by atoms with Crippen molar-refractivity contribution in [3.05, 3.63) is 35.4 Å². The summed E-state index contributed by atoms with van der Waals surface area (Å²) < 4.78 is 0. The number of hydrogen-bond acceptors (Lipinski definition) is 2. The molecule has 0 heterocycles. The fourth-order valence-corrected chi connectivity index (χ4v) is 2.99. The molecule has 1 aliphatic rings. The van der Waals surface area contributed by atoms with Crippen LogP contribution in [0.1, 0.15) is 63.1 Å². The van der Waals surface area contributed by atoms with Crippen LogP contribution in [0.2, 0.25) is 0 Å². The standard InChI is InChI=1S/C18H26N2/c1-18(2,14-19)12-5-6-13-20-17-11-7-9-15-8-3-4-10-16(15)17/h3-4,8,10,17,20H,5-7,9,11-13H2,1-2H3. The second-order valence-corrected chi connectivity index (χ2v) is 6.55. The van der Waals surface area contributed by atoms with Gasteiger partial charge in [-0.2, -0.15) is 5.26 Å². The lowest BCUT2D eigenvalue weighted by Gasteiger charge is -2.26. The molecule has 1 N–H and O–H groups in total. The number of fused-ring (bicyclic) bond motifs is 1. The van der Waals surface area contributed by atoms with Crippen molar-refractivity contribution >= 4 is 0 Å². The van der Waals surface area contributed by atoms with E-state index in [1.807, 2.05) is 13.8 Å². The molecule has 2 rings (SSSR count). The second-order valence-electron chi connectivity index (χ2n) is 6.55. The topological polar surface area (TPSA) is 35.8 Å². The first-order valence-corrected chi connectivity index (χ1v) is 7.85. The zero-order valence-electron chi connectivity index (χ0n) is 12.8. The van der Waals surface area contributed by atoms with E-state index in [0.29, 0.717) is 6.04 Å². The number of benzene rings is 1. The summed E-state index contributed by atoms with van der Waals surface area (Å²) in [5, 5.41) is 12.7. The molecular formula is C18H26N2. The molecule has 0 saturated carbocycles. The second kappa shape index (κ2) is 6.90. The van der Waals surface area contributed by atoms with Gasteiger partial charge in [-0.3, -0.25) is 0 Å². The predicted octanol–water partition coefficient (Wildman–Crippen LogP) is 4.37. The van der Waals surface area contributed by atoms with Crippen LogP contribution in [0.5, 0.6) is 0 Å². The number of hydrogen-bond donors (Lipinski definition) is 1. The molecule has 108 valence electrons. The van der Waals surface area contributed by atoms with E-state index in [1.54, 1.807) is 0 Å². The summed E-state index contributed by atoms with van der Waals surface area (Å²) in [6.45, 7) is 5.11. The molecule has 1 atom stereocenters. The van der Waals surface area contributed by atoms with Crippen LogP contribution < -0.4 is 5.32 Å². The molecule has 0 fully saturated rings. The zero-order chi connectivity index (χ0) is 14.4. The largest absolute Gasteiger partial charge is 0.310 e. The van der Waals surface area contributed by atoms with Crippen molar-refractivity contribution in [3.8, 4) is 6.07 Å². The van der Waals surface area contributed by atoms with E-state index in [9.17, 15) is 0 Å². The number of nitrogens with one attached hydrogen (secondary N) is 1. The van der Waals surface area contributed by atoms with Gasteiger partial charge in [-0.15, -0.1) is 0 Å². The highest BCUT2D eigenvalue weighted by Gasteiger charge is 2.19. The van der Waals surface area contributed by atoms with Crippen molar-refractivity contribution in [2.24, 2.45) is 5.41 Å². The summed E-state index contributed by atoms with van der Waals surface area (Å²) in [5.74, 6) is 0. The Kier molecular flexibility index (Phi) is 5.20. The van der Waals surface area contributed by atoms with Crippen molar-refractivity contribution in [2.75, 3.05) is 6.54 Å². The molecule has 0 bridgehead atoms. The van der Waals surface area contributed by atoms with Crippen molar-refractivity contribution in [1.29, 1.82) is 5.26 Å². The molecule has 0 spiro atoms. The monoisotopic (exact) mass is 270 g/mol. The number of nitrogens with zero attached hydrogens (tertiary/aromatic N) is 1. The molecule has 0 aromatic heterocycles. The van der Waals surface area contributed by atoms with E-state index in [0.717, 1.165) is 25.8 Å². The van der Waals surface area contributed by atoms with Crippen LogP contribution in [0.25, 0.3) is 0 Å². The van der Waals surface area contributed by atoms with Gasteiger partial charge < -0.3 is 5.32 Å². The third kappa shape index (κ3) is 4.08. The zero-order valence-corrected chi connectivity index (χ0v) is 12.8. The smallest absolute Gasteiger partial charge is 0.0683 e. The van der Waals surface area contributed by atoms with Crippen LogP contribution in [0.15, 0.2) is 24.3 Å². The van der Waals surface area contributed by atoms with Crippen molar-refractivity contribution in [1.82, 2.24) is 5.32 Å². The van der Waals surface area contributed by atoms with E-state index < -0.39 is 0 Å². The molecule has 0 radical (unpaired) electrons. The maximum absolute atomic E-state index is 9.00. The molecule has 0 aliphatic heterocycles. The van der Waals surface area contributed by atoms with Gasteiger partial charge in [0.25, 0.3) is 0 Å². The van der Waals surface area contributed by atoms with Gasteiger partial charge in [-0.1, -0.05) is 30.7 Å². The van der Waals surface area contributed by atoms with Crippen LogP contribution in [0.4, 0.5) is 0 Å². The fraction of sp³-hybridized carbons (Fsp3) is 0.611. The molecular weight excluding hydrogens is 244 g/mol. The molecule has 1 aliphatic carbocycles. The highest BCUT2D eigenvalue weighted by molar-refractivity contribution is 5.32. The Morgan fingerprint density at radius 1 is 1.30 bits per heavy atom. The van der Waals surface area contributed by atoms with Gasteiger partial charge in [0.05, 0.1) is 11.5 Å². The Labute approximate surface area is 123 Å². The van der Waals surface area contributed by atoms with Gasteiger partial charge in [0.1, 0.15) is 0 Å². The van der Waals surface area contributed by atoms with E-state index in [4.69, 9.17) is 5.26 Å².